The molecule has 4 atom stereocenters. The molecule has 2 saturated heterocycles. The Labute approximate surface area is 137 Å². The molecule has 0 saturated carbocycles. The molecule has 0 aromatic heterocycles. The molecule has 0 bridgehead atoms. The number of likely N-dealkylation sites (tertiary alicyclic amines) is 1. The molecule has 0 aromatic carbocycles. The fourth-order valence-electron chi connectivity index (χ4n) is 3.08. The van der Waals surface area contributed by atoms with Crippen LogP contribution in [0.15, 0.2) is 0 Å². The maximum Gasteiger partial charge on any atom is 0.394 e. The summed E-state index contributed by atoms with van der Waals surface area (Å²) in [6.07, 6.45) is -2.89. The van der Waals surface area contributed by atoms with E-state index in [1.54, 1.807) is 0 Å². The minimum Gasteiger partial charge on any atom is -0.481 e. The Morgan fingerprint density at radius 3 is 2.54 bits per heavy atom. The minimum absolute atomic E-state index is 0.109. The van der Waals surface area contributed by atoms with Gasteiger partial charge in [0.15, 0.2) is 0 Å². The van der Waals surface area contributed by atoms with E-state index >= 15 is 0 Å². The van der Waals surface area contributed by atoms with Crippen LogP contribution >= 0.6 is 0 Å². The van der Waals surface area contributed by atoms with E-state index in [0.717, 1.165) is 24.2 Å². The lowest BCUT2D eigenvalue weighted by atomic mass is 9.96. The lowest BCUT2D eigenvalue weighted by molar-refractivity contribution is -0.188. The zero-order chi connectivity index (χ0) is 17.9. The smallest absolute Gasteiger partial charge is 0.394 e. The van der Waals surface area contributed by atoms with Crippen LogP contribution in [0.3, 0.4) is 0 Å². The molecule has 2 heterocycles. The predicted octanol–water partition coefficient (Wildman–Crippen LogP) is 1.68. The number of aliphatic carboxylic acids is 1. The zero-order valence-corrected chi connectivity index (χ0v) is 13.4. The van der Waals surface area contributed by atoms with E-state index in [1.807, 2.05) is 0 Å². The molecule has 1 amide bonds. The number of halogens is 3. The summed E-state index contributed by atoms with van der Waals surface area (Å²) >= 11 is 0. The largest absolute Gasteiger partial charge is 0.481 e. The average Bonchev–Trinajstić information content (AvgIpc) is 2.98. The van der Waals surface area contributed by atoms with Crippen LogP contribution in [0.2, 0.25) is 0 Å². The summed E-state index contributed by atoms with van der Waals surface area (Å²) in [5.41, 5.74) is 0. The second kappa shape index (κ2) is 7.69. The Morgan fingerprint density at radius 2 is 2.04 bits per heavy atom. The van der Waals surface area contributed by atoms with Gasteiger partial charge in [-0.1, -0.05) is 0 Å². The molecule has 9 heteroatoms. The third-order valence-corrected chi connectivity index (χ3v) is 4.52. The van der Waals surface area contributed by atoms with Gasteiger partial charge in [0.05, 0.1) is 24.5 Å². The number of hydrogen-bond acceptors (Lipinski definition) is 4. The number of carboxylic acid groups (broad SMARTS) is 1. The van der Waals surface area contributed by atoms with Crippen molar-refractivity contribution < 1.29 is 37.3 Å². The molecule has 6 nitrogen and oxygen atoms in total. The summed E-state index contributed by atoms with van der Waals surface area (Å²) in [5, 5.41) is 8.97. The number of carbonyl (C=O) groups is 2. The molecule has 0 aromatic rings. The van der Waals surface area contributed by atoms with E-state index in [4.69, 9.17) is 14.6 Å². The monoisotopic (exact) mass is 353 g/mol. The van der Waals surface area contributed by atoms with Gasteiger partial charge < -0.3 is 19.5 Å². The van der Waals surface area contributed by atoms with Crippen LogP contribution in [0, 0.1) is 11.8 Å². The fraction of sp³-hybridized carbons (Fsp3) is 0.867. The highest BCUT2D eigenvalue weighted by molar-refractivity contribution is 5.82. The number of rotatable bonds is 5. The van der Waals surface area contributed by atoms with Gasteiger partial charge >= 0.3 is 12.1 Å². The number of nitrogens with zero attached hydrogens (tertiary/aromatic N) is 1. The van der Waals surface area contributed by atoms with Crippen LogP contribution in [0.25, 0.3) is 0 Å². The third kappa shape index (κ3) is 4.60. The first-order chi connectivity index (χ1) is 11.2. The maximum absolute atomic E-state index is 13.0. The summed E-state index contributed by atoms with van der Waals surface area (Å²) in [4.78, 5) is 24.2. The number of carbonyl (C=O) groups excluding carboxylic acids is 1. The normalized spacial score (nSPS) is 29.5. The maximum atomic E-state index is 13.0. The molecular formula is C15H22F3NO5. The lowest BCUT2D eigenvalue weighted by Crippen LogP contribution is -2.40. The van der Waals surface area contributed by atoms with E-state index in [1.165, 1.54) is 6.92 Å². The van der Waals surface area contributed by atoms with E-state index in [-0.39, 0.29) is 12.7 Å². The van der Waals surface area contributed by atoms with Gasteiger partial charge in [-0.3, -0.25) is 9.59 Å². The van der Waals surface area contributed by atoms with Gasteiger partial charge in [-0.2, -0.15) is 13.2 Å². The summed E-state index contributed by atoms with van der Waals surface area (Å²) in [5.74, 6) is -5.85. The van der Waals surface area contributed by atoms with E-state index in [2.05, 4.69) is 0 Å². The van der Waals surface area contributed by atoms with E-state index < -0.39 is 49.1 Å². The number of carboxylic acids is 1. The van der Waals surface area contributed by atoms with Crippen molar-refractivity contribution >= 4 is 11.9 Å². The van der Waals surface area contributed by atoms with Crippen molar-refractivity contribution in [3.05, 3.63) is 0 Å². The number of hydrogen-bond donors (Lipinski definition) is 1. The van der Waals surface area contributed by atoms with Crippen molar-refractivity contribution in [2.75, 3.05) is 26.3 Å². The van der Waals surface area contributed by atoms with Crippen LogP contribution in [0.1, 0.15) is 26.2 Å². The van der Waals surface area contributed by atoms with Crippen LogP contribution in [-0.4, -0.2) is 66.6 Å². The third-order valence-electron chi connectivity index (χ3n) is 4.52. The first-order valence-electron chi connectivity index (χ1n) is 8.01. The number of ether oxygens (including phenoxy) is 2. The molecule has 138 valence electrons. The molecule has 0 spiro atoms. The first-order valence-corrected chi connectivity index (χ1v) is 8.01. The SMILES string of the molecule is CC(OCC1CCCCO1)C(=O)N1C[C@@H](C(F)(F)F)[C@H](C(=O)O)C1. The molecule has 2 rings (SSSR count). The highest BCUT2D eigenvalue weighted by Crippen LogP contribution is 2.38. The molecule has 2 aliphatic heterocycles. The summed E-state index contributed by atoms with van der Waals surface area (Å²) < 4.78 is 49.7. The zero-order valence-electron chi connectivity index (χ0n) is 13.4. The van der Waals surface area contributed by atoms with Crippen molar-refractivity contribution in [1.82, 2.24) is 4.90 Å². The Balaban J connectivity index is 1.90. The topological polar surface area (TPSA) is 76.1 Å². The van der Waals surface area contributed by atoms with Gasteiger partial charge in [0.2, 0.25) is 0 Å². The van der Waals surface area contributed by atoms with E-state index in [0.29, 0.717) is 6.61 Å². The van der Waals surface area contributed by atoms with Gasteiger partial charge in [-0.25, -0.2) is 0 Å². The van der Waals surface area contributed by atoms with Gasteiger partial charge in [-0.15, -0.1) is 0 Å². The molecule has 0 aliphatic carbocycles. The number of alkyl halides is 3. The Kier molecular flexibility index (Phi) is 6.08. The Bertz CT molecular complexity index is 465. The molecule has 24 heavy (non-hydrogen) atoms. The molecule has 2 aliphatic rings. The molecule has 0 radical (unpaired) electrons. The van der Waals surface area contributed by atoms with Crippen molar-refractivity contribution in [3.8, 4) is 0 Å². The van der Waals surface area contributed by atoms with Crippen molar-refractivity contribution in [1.29, 1.82) is 0 Å². The summed E-state index contributed by atoms with van der Waals surface area (Å²) in [6, 6.07) is 0. The second-order valence-corrected chi connectivity index (χ2v) is 6.30. The van der Waals surface area contributed by atoms with Crippen LogP contribution < -0.4 is 0 Å². The highest BCUT2D eigenvalue weighted by Gasteiger charge is 2.53. The molecule has 1 N–H and O–H groups in total. The van der Waals surface area contributed by atoms with E-state index in [9.17, 15) is 22.8 Å². The summed E-state index contributed by atoms with van der Waals surface area (Å²) in [7, 11) is 0. The average molecular weight is 353 g/mol. The highest BCUT2D eigenvalue weighted by atomic mass is 19.4. The van der Waals surface area contributed by atoms with Crippen molar-refractivity contribution in [3.63, 3.8) is 0 Å². The van der Waals surface area contributed by atoms with Gasteiger partial charge in [0.1, 0.15) is 6.10 Å². The van der Waals surface area contributed by atoms with Crippen LogP contribution in [-0.2, 0) is 19.1 Å². The fourth-order valence-corrected chi connectivity index (χ4v) is 3.08. The van der Waals surface area contributed by atoms with Gasteiger partial charge in [0, 0.05) is 19.7 Å². The summed E-state index contributed by atoms with van der Waals surface area (Å²) in [6.45, 7) is 1.20. The van der Waals surface area contributed by atoms with Crippen LogP contribution in [0.5, 0.6) is 0 Å². The predicted molar refractivity (Wildman–Crippen MR) is 76.3 cm³/mol. The quantitative estimate of drug-likeness (QED) is 0.814. The van der Waals surface area contributed by atoms with Crippen LogP contribution in [0.4, 0.5) is 13.2 Å². The minimum atomic E-state index is -4.65. The second-order valence-electron chi connectivity index (χ2n) is 6.30. The number of amides is 1. The van der Waals surface area contributed by atoms with Gasteiger partial charge in [-0.05, 0) is 26.2 Å². The van der Waals surface area contributed by atoms with Crippen molar-refractivity contribution in [2.45, 2.75) is 44.6 Å². The Hall–Kier alpha value is -1.35. The first kappa shape index (κ1) is 19.0. The molecule has 2 fully saturated rings. The molecular weight excluding hydrogens is 331 g/mol. The standard InChI is InChI=1S/C15H22F3NO5/c1-9(24-8-10-4-2-3-5-23-10)13(20)19-6-11(14(21)22)12(7-19)15(16,17)18/h9-12H,2-8H2,1H3,(H,21,22)/t9?,10?,11-,12-/m1/s1. The Morgan fingerprint density at radius 1 is 1.33 bits per heavy atom. The molecule has 2 unspecified atom stereocenters. The van der Waals surface area contributed by atoms with Gasteiger partial charge in [0.25, 0.3) is 5.91 Å². The lowest BCUT2D eigenvalue weighted by Gasteiger charge is -2.26. The van der Waals surface area contributed by atoms with Crippen molar-refractivity contribution in [2.24, 2.45) is 11.8 Å².